The number of hydrogen-bond donors (Lipinski definition) is 2. The van der Waals surface area contributed by atoms with Gasteiger partial charge in [0.2, 0.25) is 0 Å². The number of rotatable bonds is 3. The van der Waals surface area contributed by atoms with Crippen molar-refractivity contribution >= 4 is 17.7 Å². The Labute approximate surface area is 148 Å². The summed E-state index contributed by atoms with van der Waals surface area (Å²) in [5.74, 6) is -0.940. The van der Waals surface area contributed by atoms with Crippen LogP contribution in [0.3, 0.4) is 0 Å². The number of piperidine rings is 1. The molecule has 1 aromatic rings. The largest absolute Gasteiger partial charge is 0.348 e. The van der Waals surface area contributed by atoms with Gasteiger partial charge in [-0.15, -0.1) is 0 Å². The summed E-state index contributed by atoms with van der Waals surface area (Å²) in [5.41, 5.74) is 0.202. The van der Waals surface area contributed by atoms with Crippen molar-refractivity contribution in [1.29, 1.82) is 0 Å². The van der Waals surface area contributed by atoms with Crippen LogP contribution in [0.1, 0.15) is 44.0 Å². The minimum absolute atomic E-state index is 0.00874. The van der Waals surface area contributed by atoms with Gasteiger partial charge in [-0.05, 0) is 51.7 Å². The lowest BCUT2D eigenvalue weighted by atomic mass is 9.96. The Balaban J connectivity index is 1.74. The summed E-state index contributed by atoms with van der Waals surface area (Å²) in [6.45, 7) is 7.23. The van der Waals surface area contributed by atoms with E-state index in [1.165, 1.54) is 0 Å². The van der Waals surface area contributed by atoms with Crippen LogP contribution in [0.5, 0.6) is 0 Å². The fourth-order valence-electron chi connectivity index (χ4n) is 2.73. The average molecular weight is 346 g/mol. The zero-order chi connectivity index (χ0) is 18.4. The predicted molar refractivity (Wildman–Crippen MR) is 93.8 cm³/mol. The lowest BCUT2D eigenvalue weighted by molar-refractivity contribution is -0.140. The third-order valence-corrected chi connectivity index (χ3v) is 4.08. The van der Waals surface area contributed by atoms with E-state index in [1.807, 2.05) is 25.7 Å². The minimum atomic E-state index is -0.613. The maximum absolute atomic E-state index is 12.4. The standard InChI is InChI=1S/C18H26N4O3/c1-18(2,3)21-16(24)15(23)20-12-13-6-10-22(11-7-13)17(25)14-4-8-19-9-5-14/h4-5,8-9,13H,6-7,10-12H2,1-3H3,(H,20,23)(H,21,24). The summed E-state index contributed by atoms with van der Waals surface area (Å²) in [4.78, 5) is 41.7. The molecule has 0 aromatic carbocycles. The molecule has 0 radical (unpaired) electrons. The molecule has 3 amide bonds. The smallest absolute Gasteiger partial charge is 0.309 e. The minimum Gasteiger partial charge on any atom is -0.348 e. The van der Waals surface area contributed by atoms with E-state index in [2.05, 4.69) is 15.6 Å². The topological polar surface area (TPSA) is 91.4 Å². The summed E-state index contributed by atoms with van der Waals surface area (Å²) >= 11 is 0. The van der Waals surface area contributed by atoms with Gasteiger partial charge < -0.3 is 15.5 Å². The van der Waals surface area contributed by atoms with Gasteiger partial charge in [0.05, 0.1) is 0 Å². The predicted octanol–water partition coefficient (Wildman–Crippen LogP) is 0.965. The summed E-state index contributed by atoms with van der Waals surface area (Å²) < 4.78 is 0. The molecule has 1 aliphatic heterocycles. The van der Waals surface area contributed by atoms with Crippen molar-refractivity contribution in [1.82, 2.24) is 20.5 Å². The second kappa shape index (κ2) is 8.09. The number of hydrogen-bond acceptors (Lipinski definition) is 4. The number of amides is 3. The molecule has 0 aliphatic carbocycles. The molecular weight excluding hydrogens is 320 g/mol. The normalized spacial score (nSPS) is 15.6. The van der Waals surface area contributed by atoms with E-state index in [-0.39, 0.29) is 11.8 Å². The van der Waals surface area contributed by atoms with E-state index in [0.717, 1.165) is 12.8 Å². The van der Waals surface area contributed by atoms with Crippen LogP contribution in [0.2, 0.25) is 0 Å². The van der Waals surface area contributed by atoms with Crippen LogP contribution in [-0.4, -0.2) is 52.8 Å². The number of nitrogens with one attached hydrogen (secondary N) is 2. The van der Waals surface area contributed by atoms with Crippen LogP contribution < -0.4 is 10.6 Å². The van der Waals surface area contributed by atoms with Crippen LogP contribution in [0, 0.1) is 5.92 Å². The summed E-state index contributed by atoms with van der Waals surface area (Å²) in [5, 5.41) is 5.33. The van der Waals surface area contributed by atoms with Gasteiger partial charge in [0.15, 0.2) is 0 Å². The van der Waals surface area contributed by atoms with Crippen molar-refractivity contribution in [2.45, 2.75) is 39.2 Å². The Kier molecular flexibility index (Phi) is 6.12. The Hall–Kier alpha value is -2.44. The highest BCUT2D eigenvalue weighted by Gasteiger charge is 2.25. The molecule has 0 atom stereocenters. The number of pyridine rings is 1. The summed E-state index contributed by atoms with van der Waals surface area (Å²) in [6, 6.07) is 3.42. The number of likely N-dealkylation sites (tertiary alicyclic amines) is 1. The molecule has 0 saturated carbocycles. The average Bonchev–Trinajstić information content (AvgIpc) is 2.58. The van der Waals surface area contributed by atoms with Crippen LogP contribution in [0.25, 0.3) is 0 Å². The van der Waals surface area contributed by atoms with E-state index < -0.39 is 17.4 Å². The molecule has 0 spiro atoms. The Morgan fingerprint density at radius 2 is 1.72 bits per heavy atom. The SMILES string of the molecule is CC(C)(C)NC(=O)C(=O)NCC1CCN(C(=O)c2ccncc2)CC1. The van der Waals surface area contributed by atoms with Crippen molar-refractivity contribution in [2.75, 3.05) is 19.6 Å². The van der Waals surface area contributed by atoms with Crippen LogP contribution in [0.15, 0.2) is 24.5 Å². The summed E-state index contributed by atoms with van der Waals surface area (Å²) in [7, 11) is 0. The van der Waals surface area contributed by atoms with Gasteiger partial charge in [-0.25, -0.2) is 0 Å². The van der Waals surface area contributed by atoms with Crippen molar-refractivity contribution in [3.05, 3.63) is 30.1 Å². The molecular formula is C18H26N4O3. The number of nitrogens with zero attached hydrogens (tertiary/aromatic N) is 2. The lowest BCUT2D eigenvalue weighted by Gasteiger charge is -2.32. The molecule has 25 heavy (non-hydrogen) atoms. The number of carbonyl (C=O) groups excluding carboxylic acids is 3. The highest BCUT2D eigenvalue weighted by molar-refractivity contribution is 6.35. The Morgan fingerprint density at radius 3 is 2.28 bits per heavy atom. The molecule has 2 heterocycles. The van der Waals surface area contributed by atoms with E-state index in [9.17, 15) is 14.4 Å². The summed E-state index contributed by atoms with van der Waals surface area (Å²) in [6.07, 6.45) is 4.83. The molecule has 0 unspecified atom stereocenters. The molecule has 1 fully saturated rings. The third-order valence-electron chi connectivity index (χ3n) is 4.08. The van der Waals surface area contributed by atoms with Gasteiger partial charge in [0.25, 0.3) is 5.91 Å². The Bertz CT molecular complexity index is 617. The number of carbonyl (C=O) groups is 3. The van der Waals surface area contributed by atoms with E-state index in [4.69, 9.17) is 0 Å². The maximum atomic E-state index is 12.4. The molecule has 7 nitrogen and oxygen atoms in total. The van der Waals surface area contributed by atoms with E-state index in [1.54, 1.807) is 24.5 Å². The van der Waals surface area contributed by atoms with Gasteiger partial charge in [0.1, 0.15) is 0 Å². The fourth-order valence-corrected chi connectivity index (χ4v) is 2.73. The zero-order valence-corrected chi connectivity index (χ0v) is 15.0. The van der Waals surface area contributed by atoms with E-state index in [0.29, 0.717) is 25.2 Å². The quantitative estimate of drug-likeness (QED) is 0.798. The lowest BCUT2D eigenvalue weighted by Crippen LogP contribution is -2.49. The van der Waals surface area contributed by atoms with Crippen LogP contribution in [0.4, 0.5) is 0 Å². The maximum Gasteiger partial charge on any atom is 0.309 e. The van der Waals surface area contributed by atoms with Crippen molar-refractivity contribution in [3.63, 3.8) is 0 Å². The molecule has 7 heteroatoms. The first-order valence-corrected chi connectivity index (χ1v) is 8.56. The molecule has 1 aliphatic rings. The monoisotopic (exact) mass is 346 g/mol. The Morgan fingerprint density at radius 1 is 1.12 bits per heavy atom. The highest BCUT2D eigenvalue weighted by Crippen LogP contribution is 2.18. The van der Waals surface area contributed by atoms with Crippen molar-refractivity contribution in [3.8, 4) is 0 Å². The molecule has 2 N–H and O–H groups in total. The van der Waals surface area contributed by atoms with Crippen LogP contribution in [-0.2, 0) is 9.59 Å². The van der Waals surface area contributed by atoms with Gasteiger partial charge in [-0.3, -0.25) is 19.4 Å². The molecule has 0 bridgehead atoms. The second-order valence-electron chi connectivity index (χ2n) is 7.39. The van der Waals surface area contributed by atoms with Crippen molar-refractivity contribution in [2.24, 2.45) is 5.92 Å². The first-order chi connectivity index (χ1) is 11.8. The first-order valence-electron chi connectivity index (χ1n) is 8.56. The van der Waals surface area contributed by atoms with Crippen molar-refractivity contribution < 1.29 is 14.4 Å². The molecule has 2 rings (SSSR count). The van der Waals surface area contributed by atoms with Gasteiger partial charge >= 0.3 is 11.8 Å². The molecule has 1 saturated heterocycles. The first kappa shape index (κ1) is 18.9. The van der Waals surface area contributed by atoms with E-state index >= 15 is 0 Å². The van der Waals surface area contributed by atoms with Gasteiger partial charge in [-0.2, -0.15) is 0 Å². The zero-order valence-electron chi connectivity index (χ0n) is 15.0. The molecule has 1 aromatic heterocycles. The van der Waals surface area contributed by atoms with Gasteiger partial charge in [-0.1, -0.05) is 0 Å². The number of aromatic nitrogens is 1. The fraction of sp³-hybridized carbons (Fsp3) is 0.556. The third kappa shape index (κ3) is 5.85. The van der Waals surface area contributed by atoms with Gasteiger partial charge in [0, 0.05) is 43.1 Å². The second-order valence-corrected chi connectivity index (χ2v) is 7.39. The molecule has 136 valence electrons. The van der Waals surface area contributed by atoms with Crippen LogP contribution >= 0.6 is 0 Å². The highest BCUT2D eigenvalue weighted by atomic mass is 16.2.